The lowest BCUT2D eigenvalue weighted by Crippen LogP contribution is -2.44. The van der Waals surface area contributed by atoms with Gasteiger partial charge in [0.15, 0.2) is 23.6 Å². The molecule has 0 amide bonds. The molecule has 3 fully saturated rings. The Morgan fingerprint density at radius 1 is 1.07 bits per heavy atom. The summed E-state index contributed by atoms with van der Waals surface area (Å²) in [5.41, 5.74) is 0.119. The highest BCUT2D eigenvalue weighted by molar-refractivity contribution is 5.91. The van der Waals surface area contributed by atoms with Gasteiger partial charge in [0.2, 0.25) is 5.95 Å². The standard InChI is InChI=1S/C27H28F3N5O5/c1-3-37-25(36)24-22(26-38-6-7-39-26)23(17-8-19(29)20(30)9-18(17)28)32-27(33-24)34-11-14(2)40-21(13-34)15-10-31-35(12-15)16-4-5-16/h8-10,12,14,16,21,26H,3-7,11,13H2,1-2H3/t14-,21-/m1/s1. The van der Waals surface area contributed by atoms with E-state index in [4.69, 9.17) is 18.9 Å². The van der Waals surface area contributed by atoms with Gasteiger partial charge in [-0.2, -0.15) is 5.10 Å². The van der Waals surface area contributed by atoms with Crippen molar-refractivity contribution in [2.75, 3.05) is 37.8 Å². The first-order valence-corrected chi connectivity index (χ1v) is 13.2. The summed E-state index contributed by atoms with van der Waals surface area (Å²) in [6, 6.07) is 1.53. The summed E-state index contributed by atoms with van der Waals surface area (Å²) < 4.78 is 68.0. The smallest absolute Gasteiger partial charge is 0.357 e. The Morgan fingerprint density at radius 2 is 1.82 bits per heavy atom. The van der Waals surface area contributed by atoms with Crippen LogP contribution in [-0.4, -0.2) is 64.7 Å². The molecule has 3 aromatic rings. The molecule has 0 N–H and O–H groups in total. The molecule has 0 bridgehead atoms. The van der Waals surface area contributed by atoms with Crippen LogP contribution in [0.3, 0.4) is 0 Å². The number of nitrogens with zero attached hydrogens (tertiary/aromatic N) is 5. The van der Waals surface area contributed by atoms with Gasteiger partial charge in [-0.05, 0) is 32.8 Å². The van der Waals surface area contributed by atoms with E-state index in [2.05, 4.69) is 15.1 Å². The van der Waals surface area contributed by atoms with E-state index < -0.39 is 29.7 Å². The number of halogens is 3. The molecule has 2 saturated heterocycles. The summed E-state index contributed by atoms with van der Waals surface area (Å²) in [6.07, 6.45) is 4.12. The van der Waals surface area contributed by atoms with Gasteiger partial charge in [0, 0.05) is 29.9 Å². The van der Waals surface area contributed by atoms with Crippen LogP contribution in [-0.2, 0) is 18.9 Å². The largest absolute Gasteiger partial charge is 0.461 e. The number of benzene rings is 1. The number of aromatic nitrogens is 4. The van der Waals surface area contributed by atoms with Crippen molar-refractivity contribution < 1.29 is 36.9 Å². The highest BCUT2D eigenvalue weighted by atomic mass is 19.2. The molecule has 212 valence electrons. The Morgan fingerprint density at radius 3 is 2.55 bits per heavy atom. The predicted molar refractivity (Wildman–Crippen MR) is 134 cm³/mol. The lowest BCUT2D eigenvalue weighted by molar-refractivity contribution is -0.0451. The third-order valence-corrected chi connectivity index (χ3v) is 6.98. The van der Waals surface area contributed by atoms with Crippen molar-refractivity contribution >= 4 is 11.9 Å². The van der Waals surface area contributed by atoms with E-state index in [-0.39, 0.29) is 60.5 Å². The van der Waals surface area contributed by atoms with E-state index in [1.165, 1.54) is 0 Å². The summed E-state index contributed by atoms with van der Waals surface area (Å²) in [5.74, 6) is -4.45. The van der Waals surface area contributed by atoms with Crippen molar-refractivity contribution in [1.29, 1.82) is 0 Å². The van der Waals surface area contributed by atoms with Gasteiger partial charge in [0.05, 0.1) is 56.0 Å². The Bertz CT molecular complexity index is 1430. The van der Waals surface area contributed by atoms with Crippen molar-refractivity contribution in [3.63, 3.8) is 0 Å². The SMILES string of the molecule is CCOC(=O)c1nc(N2C[C@@H](C)O[C@@H](c3cnn(C4CC4)c3)C2)nc(-c2cc(F)c(F)cc2F)c1C1OCCO1. The molecule has 0 spiro atoms. The van der Waals surface area contributed by atoms with Gasteiger partial charge in [0.25, 0.3) is 0 Å². The maximum Gasteiger partial charge on any atom is 0.357 e. The molecular formula is C27H28F3N5O5. The zero-order valence-electron chi connectivity index (χ0n) is 22.0. The van der Waals surface area contributed by atoms with Gasteiger partial charge in [-0.15, -0.1) is 0 Å². The molecule has 1 aromatic carbocycles. The van der Waals surface area contributed by atoms with Gasteiger partial charge in [-0.3, -0.25) is 4.68 Å². The van der Waals surface area contributed by atoms with Crippen molar-refractivity contribution in [1.82, 2.24) is 19.7 Å². The molecule has 1 aliphatic carbocycles. The first kappa shape index (κ1) is 26.7. The number of esters is 1. The highest BCUT2D eigenvalue weighted by Crippen LogP contribution is 2.39. The lowest BCUT2D eigenvalue weighted by atomic mass is 10.0. The zero-order valence-corrected chi connectivity index (χ0v) is 22.0. The summed E-state index contributed by atoms with van der Waals surface area (Å²) in [6.45, 7) is 4.62. The molecule has 13 heteroatoms. The van der Waals surface area contributed by atoms with E-state index in [0.29, 0.717) is 31.3 Å². The van der Waals surface area contributed by atoms with Crippen molar-refractivity contribution in [3.05, 3.63) is 58.8 Å². The van der Waals surface area contributed by atoms with Gasteiger partial charge in [0.1, 0.15) is 11.9 Å². The van der Waals surface area contributed by atoms with E-state index >= 15 is 4.39 Å². The first-order chi connectivity index (χ1) is 19.3. The van der Waals surface area contributed by atoms with Crippen LogP contribution in [0.1, 0.15) is 66.7 Å². The quantitative estimate of drug-likeness (QED) is 0.310. The second kappa shape index (κ2) is 10.8. The maximum atomic E-state index is 15.1. The van der Waals surface area contributed by atoms with Crippen LogP contribution in [0.2, 0.25) is 0 Å². The minimum absolute atomic E-state index is 0.0202. The molecule has 1 saturated carbocycles. The average molecular weight is 560 g/mol. The van der Waals surface area contributed by atoms with Crippen LogP contribution < -0.4 is 4.90 Å². The summed E-state index contributed by atoms with van der Waals surface area (Å²) in [5, 5.41) is 4.46. The number of carbonyl (C=O) groups is 1. The molecule has 40 heavy (non-hydrogen) atoms. The fraction of sp³-hybridized carbons (Fsp3) is 0.481. The maximum absolute atomic E-state index is 15.1. The van der Waals surface area contributed by atoms with Crippen LogP contribution >= 0.6 is 0 Å². The Hall–Kier alpha value is -3.55. The monoisotopic (exact) mass is 559 g/mol. The Balaban J connectivity index is 1.46. The molecule has 0 radical (unpaired) electrons. The normalized spacial score (nSPS) is 21.7. The summed E-state index contributed by atoms with van der Waals surface area (Å²) in [7, 11) is 0. The van der Waals surface area contributed by atoms with Crippen LogP contribution in [0.15, 0.2) is 24.5 Å². The molecule has 2 aromatic heterocycles. The minimum Gasteiger partial charge on any atom is -0.461 e. The van der Waals surface area contributed by atoms with Crippen molar-refractivity contribution in [2.24, 2.45) is 0 Å². The summed E-state index contributed by atoms with van der Waals surface area (Å²) >= 11 is 0. The first-order valence-electron chi connectivity index (χ1n) is 13.2. The molecular weight excluding hydrogens is 531 g/mol. The van der Waals surface area contributed by atoms with Gasteiger partial charge >= 0.3 is 5.97 Å². The zero-order chi connectivity index (χ0) is 28.0. The van der Waals surface area contributed by atoms with E-state index in [1.54, 1.807) is 18.0 Å². The molecule has 2 atom stereocenters. The average Bonchev–Trinajstić information content (AvgIpc) is 3.41. The number of ether oxygens (including phenoxy) is 4. The molecule has 3 aliphatic rings. The van der Waals surface area contributed by atoms with Crippen LogP contribution in [0, 0.1) is 17.5 Å². The third-order valence-electron chi connectivity index (χ3n) is 6.98. The van der Waals surface area contributed by atoms with Crippen molar-refractivity contribution in [2.45, 2.75) is 51.2 Å². The Labute approximate surface area is 228 Å². The number of hydrogen-bond donors (Lipinski definition) is 0. The minimum atomic E-state index is -1.35. The molecule has 6 rings (SSSR count). The third kappa shape index (κ3) is 5.16. The van der Waals surface area contributed by atoms with Gasteiger partial charge in [-0.1, -0.05) is 0 Å². The molecule has 10 nitrogen and oxygen atoms in total. The van der Waals surface area contributed by atoms with Crippen LogP contribution in [0.4, 0.5) is 19.1 Å². The number of morpholine rings is 1. The van der Waals surface area contributed by atoms with Gasteiger partial charge < -0.3 is 23.8 Å². The molecule has 2 aliphatic heterocycles. The Kier molecular flexibility index (Phi) is 7.19. The van der Waals surface area contributed by atoms with E-state index in [0.717, 1.165) is 18.4 Å². The number of carbonyl (C=O) groups excluding carboxylic acids is 1. The fourth-order valence-corrected chi connectivity index (χ4v) is 4.97. The fourth-order valence-electron chi connectivity index (χ4n) is 4.97. The molecule has 4 heterocycles. The van der Waals surface area contributed by atoms with E-state index in [9.17, 15) is 13.6 Å². The number of hydrogen-bond acceptors (Lipinski definition) is 9. The second-order valence-corrected chi connectivity index (χ2v) is 10.00. The lowest BCUT2D eigenvalue weighted by Gasteiger charge is -2.37. The highest BCUT2D eigenvalue weighted by Gasteiger charge is 2.36. The van der Waals surface area contributed by atoms with Crippen LogP contribution in [0.25, 0.3) is 11.3 Å². The van der Waals surface area contributed by atoms with Crippen molar-refractivity contribution in [3.8, 4) is 11.3 Å². The second-order valence-electron chi connectivity index (χ2n) is 10.00. The summed E-state index contributed by atoms with van der Waals surface area (Å²) in [4.78, 5) is 24.1. The van der Waals surface area contributed by atoms with Gasteiger partial charge in [-0.25, -0.2) is 27.9 Å². The number of anilines is 1. The van der Waals surface area contributed by atoms with Crippen LogP contribution in [0.5, 0.6) is 0 Å². The molecule has 0 unspecified atom stereocenters. The topological polar surface area (TPSA) is 101 Å². The predicted octanol–water partition coefficient (Wildman–Crippen LogP) is 4.28. The number of rotatable bonds is 7. The van der Waals surface area contributed by atoms with E-state index in [1.807, 2.05) is 17.8 Å².